The molecule has 4 atom stereocenters. The zero-order valence-electron chi connectivity index (χ0n) is 59.7. The maximum absolute atomic E-state index is 12.9. The Morgan fingerprint density at radius 2 is 0.620 bits per heavy atom. The maximum atomic E-state index is 12.9. The number of esters is 5. The maximum Gasteiger partial charge on any atom is 0.305 e. The van der Waals surface area contributed by atoms with Crippen molar-refractivity contribution < 1.29 is 68.1 Å². The highest BCUT2D eigenvalue weighted by Crippen LogP contribution is 2.23. The van der Waals surface area contributed by atoms with Gasteiger partial charge in [0.1, 0.15) is 6.61 Å². The molecule has 0 aromatic carbocycles. The average molecular weight is 1350 g/mol. The number of carbonyl (C=O) groups is 5. The van der Waals surface area contributed by atoms with Crippen molar-refractivity contribution in [2.75, 3.05) is 123 Å². The summed E-state index contributed by atoms with van der Waals surface area (Å²) in [4.78, 5) is 71.0. The van der Waals surface area contributed by atoms with Gasteiger partial charge in [0.25, 0.3) is 0 Å². The molecule has 92 heavy (non-hydrogen) atoms. The molecule has 0 aliphatic carbocycles. The number of ether oxygens (including phenoxy) is 5. The van der Waals surface area contributed by atoms with Crippen molar-refractivity contribution in [2.45, 2.75) is 285 Å². The Balaban J connectivity index is 2.50. The lowest BCUT2D eigenvalue weighted by atomic mass is 10.0. The number of rotatable bonds is 64. The molecule has 1 saturated heterocycles. The molecule has 1 heterocycles. The van der Waals surface area contributed by atoms with Gasteiger partial charge >= 0.3 is 29.8 Å². The zero-order valence-corrected chi connectivity index (χ0v) is 61.3. The van der Waals surface area contributed by atoms with Crippen molar-refractivity contribution in [1.82, 2.24) is 19.6 Å². The van der Waals surface area contributed by atoms with Gasteiger partial charge in [0.2, 0.25) is 0 Å². The molecular formula is C72H138N4O14S2. The van der Waals surface area contributed by atoms with Gasteiger partial charge in [-0.25, -0.2) is 0 Å². The minimum absolute atomic E-state index is 0.128. The molecule has 1 aliphatic heterocycles. The summed E-state index contributed by atoms with van der Waals surface area (Å²) < 4.78 is 27.6. The van der Waals surface area contributed by atoms with Crippen LogP contribution in [-0.2, 0) is 47.7 Å². The standard InChI is InChI=1S/C72H138N4O14S2/c1-9-60(10-2)56-87-69(82)36-23-19-17-21-32-64(77)52-75(53-65(78)33-22-18-20-24-37-70(83)88-57-61(11-3)12-4)41-30-29-40-68(81)86-49-47-73-43-45-74(46-44-73)48-51-92-91-50-31-42-76(54-66(79)34-25-27-38-71(84)89-58-62(13-5)14-6)55-67(80)35-26-28-39-72(85)90-59-63(15-7)16-8/h60-67,77-80H,9-59H2,1-8H3. The molecule has 0 aromatic heterocycles. The second-order valence-corrected chi connectivity index (χ2v) is 29.1. The third-order valence-electron chi connectivity index (χ3n) is 18.6. The van der Waals surface area contributed by atoms with Crippen LogP contribution >= 0.6 is 21.6 Å². The molecule has 18 nitrogen and oxygen atoms in total. The topological polar surface area (TPSA) is 225 Å². The Morgan fingerprint density at radius 1 is 0.348 bits per heavy atom. The highest BCUT2D eigenvalue weighted by atomic mass is 33.1. The monoisotopic (exact) mass is 1350 g/mol. The van der Waals surface area contributed by atoms with Gasteiger partial charge < -0.3 is 44.1 Å². The number of hydrogen-bond acceptors (Lipinski definition) is 20. The van der Waals surface area contributed by atoms with E-state index in [1.807, 2.05) is 21.6 Å². The average Bonchev–Trinajstić information content (AvgIpc) is 3.40. The van der Waals surface area contributed by atoms with Gasteiger partial charge in [0.05, 0.1) is 50.8 Å². The first-order chi connectivity index (χ1) is 44.5. The van der Waals surface area contributed by atoms with E-state index in [9.17, 15) is 44.4 Å². The summed E-state index contributed by atoms with van der Waals surface area (Å²) in [6.45, 7) is 28.0. The summed E-state index contributed by atoms with van der Waals surface area (Å²) in [6.07, 6.45) is 22.2. The molecule has 1 aliphatic rings. The molecule has 4 N–H and O–H groups in total. The van der Waals surface area contributed by atoms with Crippen molar-refractivity contribution >= 4 is 51.4 Å². The normalized spacial score (nSPS) is 14.6. The molecule has 20 heteroatoms. The third-order valence-corrected chi connectivity index (χ3v) is 21.1. The predicted octanol–water partition coefficient (Wildman–Crippen LogP) is 12.9. The smallest absolute Gasteiger partial charge is 0.305 e. The van der Waals surface area contributed by atoms with Crippen LogP contribution < -0.4 is 0 Å². The second-order valence-electron chi connectivity index (χ2n) is 26.4. The van der Waals surface area contributed by atoms with Gasteiger partial charge in [0.15, 0.2) is 0 Å². The number of aliphatic hydroxyl groups excluding tert-OH is 4. The third kappa shape index (κ3) is 50.1. The van der Waals surface area contributed by atoms with E-state index in [-0.39, 0.29) is 29.8 Å². The summed E-state index contributed by atoms with van der Waals surface area (Å²) in [6, 6.07) is 0. The molecular weight excluding hydrogens is 1210 g/mol. The SMILES string of the molecule is CCC(CC)COC(=O)CCCCCCC(O)CN(CCCCC(=O)OCCN1CCN(CCSSCCCN(CC(O)CCCCC(=O)OCC(CC)CC)CC(O)CCCCC(=O)OCC(CC)CC)CC1)CC(O)CCCCCCC(=O)OCC(CC)CC. The Hall–Kier alpha value is -2.27. The van der Waals surface area contributed by atoms with Gasteiger partial charge in [-0.3, -0.25) is 43.6 Å². The van der Waals surface area contributed by atoms with Gasteiger partial charge in [-0.2, -0.15) is 0 Å². The fraction of sp³-hybridized carbons (Fsp3) is 0.931. The van der Waals surface area contributed by atoms with Crippen LogP contribution in [0.1, 0.15) is 261 Å². The van der Waals surface area contributed by atoms with Crippen molar-refractivity contribution in [3.63, 3.8) is 0 Å². The van der Waals surface area contributed by atoms with Crippen LogP contribution in [0, 0.1) is 23.7 Å². The van der Waals surface area contributed by atoms with E-state index in [0.29, 0.717) is 173 Å². The van der Waals surface area contributed by atoms with E-state index in [4.69, 9.17) is 23.7 Å². The molecule has 0 amide bonds. The van der Waals surface area contributed by atoms with E-state index in [1.165, 1.54) is 0 Å². The summed E-state index contributed by atoms with van der Waals surface area (Å²) in [5, 5.41) is 44.3. The molecule has 0 radical (unpaired) electrons. The van der Waals surface area contributed by atoms with E-state index in [1.54, 1.807) is 0 Å². The van der Waals surface area contributed by atoms with Gasteiger partial charge in [-0.05, 0) is 107 Å². The summed E-state index contributed by atoms with van der Waals surface area (Å²) in [7, 11) is 3.75. The summed E-state index contributed by atoms with van der Waals surface area (Å²) in [5.74, 6) is 2.81. The van der Waals surface area contributed by atoms with Gasteiger partial charge in [-0.1, -0.05) is 180 Å². The first-order valence-corrected chi connectivity index (χ1v) is 39.6. The van der Waals surface area contributed by atoms with Crippen LogP contribution in [-0.4, -0.2) is 217 Å². The van der Waals surface area contributed by atoms with Gasteiger partial charge in [-0.15, -0.1) is 0 Å². The minimum atomic E-state index is -0.562. The highest BCUT2D eigenvalue weighted by Gasteiger charge is 2.21. The molecule has 1 fully saturated rings. The van der Waals surface area contributed by atoms with Crippen molar-refractivity contribution in [3.05, 3.63) is 0 Å². The van der Waals surface area contributed by atoms with E-state index in [2.05, 4.69) is 75.0 Å². The lowest BCUT2D eigenvalue weighted by Crippen LogP contribution is -2.47. The lowest BCUT2D eigenvalue weighted by Gasteiger charge is -2.34. The number of piperazine rings is 1. The molecule has 542 valence electrons. The van der Waals surface area contributed by atoms with Crippen molar-refractivity contribution in [2.24, 2.45) is 23.7 Å². The summed E-state index contributed by atoms with van der Waals surface area (Å²) in [5.41, 5.74) is 0. The van der Waals surface area contributed by atoms with Crippen LogP contribution in [0.3, 0.4) is 0 Å². The molecule has 0 spiro atoms. The van der Waals surface area contributed by atoms with E-state index < -0.39 is 24.4 Å². The van der Waals surface area contributed by atoms with Crippen LogP contribution in [0.2, 0.25) is 0 Å². The Bertz CT molecular complexity index is 1680. The molecule has 0 bridgehead atoms. The number of unbranched alkanes of at least 4 members (excludes halogenated alkanes) is 9. The van der Waals surface area contributed by atoms with E-state index >= 15 is 0 Å². The first kappa shape index (κ1) is 87.7. The molecule has 0 aromatic rings. The number of hydrogen-bond donors (Lipinski definition) is 4. The largest absolute Gasteiger partial charge is 0.465 e. The van der Waals surface area contributed by atoms with Crippen molar-refractivity contribution in [3.8, 4) is 0 Å². The van der Waals surface area contributed by atoms with Crippen molar-refractivity contribution in [1.29, 1.82) is 0 Å². The summed E-state index contributed by atoms with van der Waals surface area (Å²) >= 11 is 0. The molecule has 0 saturated carbocycles. The van der Waals surface area contributed by atoms with Crippen LogP contribution in [0.15, 0.2) is 0 Å². The fourth-order valence-electron chi connectivity index (χ4n) is 11.4. The number of carbonyl (C=O) groups excluding carboxylic acids is 5. The second kappa shape index (κ2) is 60.0. The van der Waals surface area contributed by atoms with Gasteiger partial charge in [0, 0.05) is 109 Å². The number of nitrogens with zero attached hydrogens (tertiary/aromatic N) is 4. The fourth-order valence-corrected chi connectivity index (χ4v) is 13.5. The molecule has 1 rings (SSSR count). The Labute approximate surface area is 568 Å². The number of aliphatic hydroxyl groups is 4. The van der Waals surface area contributed by atoms with Crippen LogP contribution in [0.5, 0.6) is 0 Å². The highest BCUT2D eigenvalue weighted by molar-refractivity contribution is 8.76. The Morgan fingerprint density at radius 3 is 0.967 bits per heavy atom. The van der Waals surface area contributed by atoms with Crippen LogP contribution in [0.4, 0.5) is 0 Å². The minimum Gasteiger partial charge on any atom is -0.465 e. The first-order valence-electron chi connectivity index (χ1n) is 37.1. The predicted molar refractivity (Wildman–Crippen MR) is 377 cm³/mol. The van der Waals surface area contributed by atoms with Crippen LogP contribution in [0.25, 0.3) is 0 Å². The molecule has 4 unspecified atom stereocenters. The quantitative estimate of drug-likeness (QED) is 0.0192. The lowest BCUT2D eigenvalue weighted by molar-refractivity contribution is -0.146. The Kier molecular flexibility index (Phi) is 57.2. The van der Waals surface area contributed by atoms with E-state index in [0.717, 1.165) is 179 Å². The zero-order chi connectivity index (χ0) is 67.8.